The lowest BCUT2D eigenvalue weighted by Crippen LogP contribution is -2.01. The third-order valence-corrected chi connectivity index (χ3v) is 9.50. The Morgan fingerprint density at radius 1 is 0.354 bits per heavy atom. The van der Waals surface area contributed by atoms with E-state index in [1.54, 1.807) is 0 Å². The monoisotopic (exact) mass is 612 g/mol. The summed E-state index contributed by atoms with van der Waals surface area (Å²) < 4.78 is 4.74. The van der Waals surface area contributed by atoms with Crippen LogP contribution in [0.1, 0.15) is 0 Å². The van der Waals surface area contributed by atoms with Gasteiger partial charge < -0.3 is 9.13 Å². The lowest BCUT2D eigenvalue weighted by atomic mass is 10.0. The van der Waals surface area contributed by atoms with Crippen molar-refractivity contribution in [1.82, 2.24) is 19.1 Å². The quantitative estimate of drug-likeness (QED) is 0.198. The van der Waals surface area contributed by atoms with E-state index in [0.717, 1.165) is 56.0 Å². The number of nitrogens with zero attached hydrogens (tertiary/aromatic N) is 4. The lowest BCUT2D eigenvalue weighted by Gasteiger charge is -2.15. The summed E-state index contributed by atoms with van der Waals surface area (Å²) in [5.41, 5.74) is 12.4. The summed E-state index contributed by atoms with van der Waals surface area (Å²) >= 11 is 0. The van der Waals surface area contributed by atoms with E-state index < -0.39 is 0 Å². The highest BCUT2D eigenvalue weighted by Crippen LogP contribution is 2.39. The van der Waals surface area contributed by atoms with Gasteiger partial charge in [-0.3, -0.25) is 0 Å². The van der Waals surface area contributed by atoms with Crippen molar-refractivity contribution in [3.8, 4) is 33.9 Å². The standard InChI is InChI=1S/C44H28N4/c1-3-14-29(15-4-1)42-43(30-16-5-2-6-17-30)46-44-36(45-42)21-13-25-41(44)48-39-24-12-9-20-34(39)35-28-31(26-27-40(35)48)47-37-22-10-7-18-32(37)33-19-8-11-23-38(33)47/h1-28H. The largest absolute Gasteiger partial charge is 0.309 e. The second kappa shape index (κ2) is 10.5. The molecule has 10 aromatic rings. The fraction of sp³-hybridized carbons (Fsp3) is 0. The van der Waals surface area contributed by atoms with Crippen molar-refractivity contribution in [3.63, 3.8) is 0 Å². The van der Waals surface area contributed by atoms with Crippen molar-refractivity contribution in [2.45, 2.75) is 0 Å². The molecular formula is C44H28N4. The topological polar surface area (TPSA) is 35.6 Å². The van der Waals surface area contributed by atoms with Crippen molar-refractivity contribution in [2.75, 3.05) is 0 Å². The van der Waals surface area contributed by atoms with E-state index in [0.29, 0.717) is 0 Å². The van der Waals surface area contributed by atoms with Crippen LogP contribution in [0.3, 0.4) is 0 Å². The van der Waals surface area contributed by atoms with Crippen LogP contribution in [0, 0.1) is 0 Å². The molecule has 48 heavy (non-hydrogen) atoms. The molecular weight excluding hydrogens is 585 g/mol. The molecule has 0 aliphatic rings. The molecule has 0 unspecified atom stereocenters. The Morgan fingerprint density at radius 3 is 1.48 bits per heavy atom. The highest BCUT2D eigenvalue weighted by Gasteiger charge is 2.20. The Balaban J connectivity index is 1.25. The molecule has 10 rings (SSSR count). The SMILES string of the molecule is c1ccc(-c2nc3cccc(-n4c5ccccc5c5cc(-n6c7ccccc7c7ccccc76)ccc54)c3nc2-c2ccccc2)cc1. The van der Waals surface area contributed by atoms with Gasteiger partial charge in [0.25, 0.3) is 0 Å². The van der Waals surface area contributed by atoms with Crippen LogP contribution in [-0.4, -0.2) is 19.1 Å². The van der Waals surface area contributed by atoms with Crippen LogP contribution in [-0.2, 0) is 0 Å². The average Bonchev–Trinajstić information content (AvgIpc) is 3.67. The number of rotatable bonds is 4. The smallest absolute Gasteiger partial charge is 0.113 e. The Hall–Kier alpha value is -6.52. The van der Waals surface area contributed by atoms with Gasteiger partial charge in [0.2, 0.25) is 0 Å². The van der Waals surface area contributed by atoms with E-state index in [-0.39, 0.29) is 0 Å². The molecule has 224 valence electrons. The van der Waals surface area contributed by atoms with Gasteiger partial charge in [-0.05, 0) is 48.5 Å². The zero-order chi connectivity index (χ0) is 31.6. The summed E-state index contributed by atoms with van der Waals surface area (Å²) in [6.07, 6.45) is 0. The van der Waals surface area contributed by atoms with Gasteiger partial charge in [0, 0.05) is 38.4 Å². The molecule has 0 aliphatic carbocycles. The van der Waals surface area contributed by atoms with Crippen LogP contribution in [0.2, 0.25) is 0 Å². The van der Waals surface area contributed by atoms with Gasteiger partial charge in [-0.15, -0.1) is 0 Å². The molecule has 0 aliphatic heterocycles. The van der Waals surface area contributed by atoms with E-state index in [2.05, 4.69) is 167 Å². The number of benzene rings is 7. The van der Waals surface area contributed by atoms with E-state index in [9.17, 15) is 0 Å². The van der Waals surface area contributed by atoms with Crippen LogP contribution in [0.5, 0.6) is 0 Å². The Morgan fingerprint density at radius 2 is 0.854 bits per heavy atom. The molecule has 4 nitrogen and oxygen atoms in total. The number of aromatic nitrogens is 4. The van der Waals surface area contributed by atoms with E-state index in [4.69, 9.17) is 9.97 Å². The summed E-state index contributed by atoms with van der Waals surface area (Å²) in [7, 11) is 0. The van der Waals surface area contributed by atoms with Gasteiger partial charge in [-0.1, -0.05) is 121 Å². The zero-order valence-electron chi connectivity index (χ0n) is 26.0. The fourth-order valence-corrected chi connectivity index (χ4v) is 7.40. The van der Waals surface area contributed by atoms with Gasteiger partial charge in [-0.25, -0.2) is 9.97 Å². The summed E-state index contributed by atoms with van der Waals surface area (Å²) in [4.78, 5) is 10.7. The summed E-state index contributed by atoms with van der Waals surface area (Å²) in [5.74, 6) is 0. The number of hydrogen-bond donors (Lipinski definition) is 0. The molecule has 3 aromatic heterocycles. The number of para-hydroxylation sites is 4. The van der Waals surface area contributed by atoms with E-state index in [1.165, 1.54) is 32.6 Å². The first-order chi connectivity index (χ1) is 23.8. The molecule has 0 amide bonds. The molecule has 0 N–H and O–H groups in total. The maximum absolute atomic E-state index is 5.43. The van der Waals surface area contributed by atoms with Gasteiger partial charge in [0.05, 0.1) is 44.7 Å². The van der Waals surface area contributed by atoms with Gasteiger partial charge in [0.15, 0.2) is 0 Å². The van der Waals surface area contributed by atoms with Crippen molar-refractivity contribution in [2.24, 2.45) is 0 Å². The van der Waals surface area contributed by atoms with Crippen LogP contribution in [0.15, 0.2) is 170 Å². The fourth-order valence-electron chi connectivity index (χ4n) is 7.40. The van der Waals surface area contributed by atoms with Crippen molar-refractivity contribution in [1.29, 1.82) is 0 Å². The maximum atomic E-state index is 5.43. The predicted molar refractivity (Wildman–Crippen MR) is 199 cm³/mol. The second-order valence-electron chi connectivity index (χ2n) is 12.2. The average molecular weight is 613 g/mol. The van der Waals surface area contributed by atoms with Crippen LogP contribution >= 0.6 is 0 Å². The molecule has 4 heteroatoms. The number of fused-ring (bicyclic) bond motifs is 7. The first-order valence-corrected chi connectivity index (χ1v) is 16.3. The van der Waals surface area contributed by atoms with Crippen LogP contribution in [0.25, 0.3) is 88.5 Å². The molecule has 0 saturated carbocycles. The molecule has 0 spiro atoms. The molecule has 3 heterocycles. The third kappa shape index (κ3) is 3.96. The summed E-state index contributed by atoms with van der Waals surface area (Å²) in [6.45, 7) is 0. The number of hydrogen-bond acceptors (Lipinski definition) is 2. The van der Waals surface area contributed by atoms with Crippen LogP contribution < -0.4 is 0 Å². The molecule has 7 aromatic carbocycles. The summed E-state index contributed by atoms with van der Waals surface area (Å²) in [5, 5.41) is 4.91. The highest BCUT2D eigenvalue weighted by molar-refractivity contribution is 6.13. The zero-order valence-corrected chi connectivity index (χ0v) is 26.0. The lowest BCUT2D eigenvalue weighted by molar-refractivity contribution is 1.16. The van der Waals surface area contributed by atoms with Crippen molar-refractivity contribution < 1.29 is 0 Å². The van der Waals surface area contributed by atoms with Crippen molar-refractivity contribution >= 4 is 54.6 Å². The molecule has 0 fully saturated rings. The molecule has 0 bridgehead atoms. The molecule has 0 radical (unpaired) electrons. The van der Waals surface area contributed by atoms with E-state index in [1.807, 2.05) is 12.1 Å². The summed E-state index contributed by atoms with van der Waals surface area (Å²) in [6, 6.07) is 59.9. The Labute approximate surface area is 276 Å². The minimum absolute atomic E-state index is 0.860. The van der Waals surface area contributed by atoms with Crippen LogP contribution in [0.4, 0.5) is 0 Å². The first kappa shape index (κ1) is 26.7. The van der Waals surface area contributed by atoms with E-state index >= 15 is 0 Å². The first-order valence-electron chi connectivity index (χ1n) is 16.3. The predicted octanol–water partition coefficient (Wildman–Crippen LogP) is 11.2. The normalized spacial score (nSPS) is 11.8. The maximum Gasteiger partial charge on any atom is 0.113 e. The van der Waals surface area contributed by atoms with Gasteiger partial charge in [-0.2, -0.15) is 0 Å². The Bertz CT molecular complexity index is 2770. The minimum atomic E-state index is 0.860. The minimum Gasteiger partial charge on any atom is -0.309 e. The van der Waals surface area contributed by atoms with Gasteiger partial charge >= 0.3 is 0 Å². The second-order valence-corrected chi connectivity index (χ2v) is 12.2. The highest BCUT2D eigenvalue weighted by atomic mass is 15.0. The molecule has 0 atom stereocenters. The van der Waals surface area contributed by atoms with Crippen molar-refractivity contribution in [3.05, 3.63) is 170 Å². The third-order valence-electron chi connectivity index (χ3n) is 9.50. The van der Waals surface area contributed by atoms with Gasteiger partial charge in [0.1, 0.15) is 5.52 Å². The molecule has 0 saturated heterocycles. The Kier molecular flexibility index (Phi) is 5.84.